The van der Waals surface area contributed by atoms with Gasteiger partial charge in [0.05, 0.1) is 0 Å². The van der Waals surface area contributed by atoms with Crippen molar-refractivity contribution in [2.24, 2.45) is 17.6 Å². The standard InChI is InChI=1S/C17H22BrNO/c1-10-5-11(2)7-12(6-10)17-9-15(19)14-8-13(18)3-4-16(14)20-17/h3-5,8,10,12,15,17H,6-7,9,19H2,1-2H3/t10?,12?,15-,17?/m0/s1. The van der Waals surface area contributed by atoms with Crippen LogP contribution in [0.5, 0.6) is 5.75 Å². The Hall–Kier alpha value is -0.800. The highest BCUT2D eigenvalue weighted by atomic mass is 79.9. The number of nitrogens with two attached hydrogens (primary N) is 1. The molecular formula is C17H22BrNO. The van der Waals surface area contributed by atoms with Crippen LogP contribution in [-0.2, 0) is 0 Å². The second-order valence-electron chi connectivity index (χ2n) is 6.37. The van der Waals surface area contributed by atoms with Gasteiger partial charge in [-0.25, -0.2) is 0 Å². The molecule has 108 valence electrons. The van der Waals surface area contributed by atoms with Gasteiger partial charge < -0.3 is 10.5 Å². The molecule has 2 N–H and O–H groups in total. The summed E-state index contributed by atoms with van der Waals surface area (Å²) in [6.07, 6.45) is 5.93. The molecule has 0 aromatic heterocycles. The van der Waals surface area contributed by atoms with Gasteiger partial charge in [-0.1, -0.05) is 34.5 Å². The molecule has 0 saturated heterocycles. The van der Waals surface area contributed by atoms with Crippen LogP contribution in [0.15, 0.2) is 34.3 Å². The molecule has 1 heterocycles. The Kier molecular flexibility index (Phi) is 3.91. The largest absolute Gasteiger partial charge is 0.490 e. The van der Waals surface area contributed by atoms with Gasteiger partial charge in [0.2, 0.25) is 0 Å². The van der Waals surface area contributed by atoms with Gasteiger partial charge in [0.1, 0.15) is 11.9 Å². The van der Waals surface area contributed by atoms with E-state index in [-0.39, 0.29) is 12.1 Å². The van der Waals surface area contributed by atoms with Crippen LogP contribution in [0.25, 0.3) is 0 Å². The van der Waals surface area contributed by atoms with Gasteiger partial charge in [-0.05, 0) is 43.9 Å². The van der Waals surface area contributed by atoms with Crippen LogP contribution in [0.3, 0.4) is 0 Å². The summed E-state index contributed by atoms with van der Waals surface area (Å²) >= 11 is 3.51. The van der Waals surface area contributed by atoms with Crippen LogP contribution in [0.1, 0.15) is 44.7 Å². The maximum absolute atomic E-state index is 6.37. The smallest absolute Gasteiger partial charge is 0.124 e. The second kappa shape index (κ2) is 5.53. The number of halogens is 1. The Morgan fingerprint density at radius 3 is 2.85 bits per heavy atom. The predicted octanol–water partition coefficient (Wildman–Crippen LogP) is 4.59. The Morgan fingerprint density at radius 2 is 2.10 bits per heavy atom. The Bertz CT molecular complexity index is 540. The van der Waals surface area contributed by atoms with E-state index in [4.69, 9.17) is 10.5 Å². The molecular weight excluding hydrogens is 314 g/mol. The highest BCUT2D eigenvalue weighted by molar-refractivity contribution is 9.10. The number of hydrogen-bond acceptors (Lipinski definition) is 2. The van der Waals surface area contributed by atoms with E-state index in [0.29, 0.717) is 11.8 Å². The van der Waals surface area contributed by atoms with Gasteiger partial charge in [-0.2, -0.15) is 0 Å². The van der Waals surface area contributed by atoms with Gasteiger partial charge in [0.25, 0.3) is 0 Å². The molecule has 3 rings (SSSR count). The van der Waals surface area contributed by atoms with Crippen LogP contribution in [0, 0.1) is 11.8 Å². The van der Waals surface area contributed by atoms with Crippen LogP contribution >= 0.6 is 15.9 Å². The molecule has 0 bridgehead atoms. The average Bonchev–Trinajstić information content (AvgIpc) is 2.38. The van der Waals surface area contributed by atoms with Gasteiger partial charge in [0.15, 0.2) is 0 Å². The molecule has 3 heteroatoms. The van der Waals surface area contributed by atoms with Crippen LogP contribution in [0.4, 0.5) is 0 Å². The fraction of sp³-hybridized carbons (Fsp3) is 0.529. The summed E-state index contributed by atoms with van der Waals surface area (Å²) in [5, 5.41) is 0. The Labute approximate surface area is 129 Å². The molecule has 1 aliphatic heterocycles. The van der Waals surface area contributed by atoms with Crippen LogP contribution < -0.4 is 10.5 Å². The first-order valence-corrected chi connectivity index (χ1v) is 8.21. The van der Waals surface area contributed by atoms with E-state index >= 15 is 0 Å². The third kappa shape index (κ3) is 2.79. The van der Waals surface area contributed by atoms with Crippen molar-refractivity contribution >= 4 is 15.9 Å². The van der Waals surface area contributed by atoms with Gasteiger partial charge in [-0.3, -0.25) is 0 Å². The molecule has 0 radical (unpaired) electrons. The number of rotatable bonds is 1. The first-order valence-electron chi connectivity index (χ1n) is 7.42. The first-order chi connectivity index (χ1) is 9.52. The average molecular weight is 336 g/mol. The minimum Gasteiger partial charge on any atom is -0.490 e. The van der Waals surface area contributed by atoms with E-state index in [1.54, 1.807) is 0 Å². The summed E-state index contributed by atoms with van der Waals surface area (Å²) in [6.45, 7) is 4.53. The third-order valence-corrected chi connectivity index (χ3v) is 4.98. The van der Waals surface area contributed by atoms with Crippen LogP contribution in [-0.4, -0.2) is 6.10 Å². The minimum atomic E-state index is 0.0859. The van der Waals surface area contributed by atoms with E-state index in [1.807, 2.05) is 12.1 Å². The molecule has 0 saturated carbocycles. The van der Waals surface area contributed by atoms with Crippen molar-refractivity contribution in [2.45, 2.75) is 45.3 Å². The molecule has 1 aromatic rings. The molecule has 20 heavy (non-hydrogen) atoms. The lowest BCUT2D eigenvalue weighted by molar-refractivity contribution is 0.0857. The summed E-state index contributed by atoms with van der Waals surface area (Å²) in [7, 11) is 0. The number of allylic oxidation sites excluding steroid dienone is 2. The molecule has 0 spiro atoms. The molecule has 2 nitrogen and oxygen atoms in total. The van der Waals surface area contributed by atoms with E-state index in [2.05, 4.69) is 41.9 Å². The van der Waals surface area contributed by atoms with Crippen LogP contribution in [0.2, 0.25) is 0 Å². The Morgan fingerprint density at radius 1 is 1.30 bits per heavy atom. The number of ether oxygens (including phenoxy) is 1. The van der Waals surface area contributed by atoms with E-state index < -0.39 is 0 Å². The lowest BCUT2D eigenvalue weighted by atomic mass is 9.78. The number of fused-ring (bicyclic) bond motifs is 1. The maximum atomic E-state index is 6.37. The molecule has 3 unspecified atom stereocenters. The van der Waals surface area contributed by atoms with Gasteiger partial charge >= 0.3 is 0 Å². The monoisotopic (exact) mass is 335 g/mol. The predicted molar refractivity (Wildman–Crippen MR) is 85.7 cm³/mol. The second-order valence-corrected chi connectivity index (χ2v) is 7.29. The summed E-state index contributed by atoms with van der Waals surface area (Å²) in [6, 6.07) is 6.25. The fourth-order valence-corrected chi connectivity index (χ4v) is 4.05. The van der Waals surface area contributed by atoms with Crippen molar-refractivity contribution in [2.75, 3.05) is 0 Å². The summed E-state index contributed by atoms with van der Waals surface area (Å²) < 4.78 is 7.33. The van der Waals surface area contributed by atoms with Crippen molar-refractivity contribution < 1.29 is 4.74 Å². The molecule has 0 amide bonds. The highest BCUT2D eigenvalue weighted by Crippen LogP contribution is 2.41. The van der Waals surface area contributed by atoms with Crippen molar-refractivity contribution in [3.05, 3.63) is 39.9 Å². The summed E-state index contributed by atoms with van der Waals surface area (Å²) in [5.74, 6) is 2.22. The summed E-state index contributed by atoms with van der Waals surface area (Å²) in [5.41, 5.74) is 8.99. The van der Waals surface area contributed by atoms with E-state index in [1.165, 1.54) is 12.0 Å². The number of benzene rings is 1. The first kappa shape index (κ1) is 14.2. The molecule has 4 atom stereocenters. The Balaban J connectivity index is 1.81. The zero-order valence-corrected chi connectivity index (χ0v) is 13.7. The SMILES string of the molecule is CC1=CC(C)CC(C2C[C@H](N)c3cc(Br)ccc3O2)C1. The number of hydrogen-bond donors (Lipinski definition) is 1. The highest BCUT2D eigenvalue weighted by Gasteiger charge is 2.33. The molecule has 1 aromatic carbocycles. The normalized spacial score (nSPS) is 33.1. The van der Waals surface area contributed by atoms with Crippen molar-refractivity contribution in [1.82, 2.24) is 0 Å². The zero-order valence-electron chi connectivity index (χ0n) is 12.1. The van der Waals surface area contributed by atoms with E-state index in [0.717, 1.165) is 28.6 Å². The lowest BCUT2D eigenvalue weighted by Crippen LogP contribution is -2.37. The third-order valence-electron chi connectivity index (χ3n) is 4.49. The molecule has 1 aliphatic carbocycles. The van der Waals surface area contributed by atoms with E-state index in [9.17, 15) is 0 Å². The van der Waals surface area contributed by atoms with Crippen molar-refractivity contribution in [3.63, 3.8) is 0 Å². The summed E-state index contributed by atoms with van der Waals surface area (Å²) in [4.78, 5) is 0. The van der Waals surface area contributed by atoms with Crippen molar-refractivity contribution in [1.29, 1.82) is 0 Å². The van der Waals surface area contributed by atoms with Gasteiger partial charge in [-0.15, -0.1) is 0 Å². The van der Waals surface area contributed by atoms with Gasteiger partial charge in [0, 0.05) is 28.4 Å². The zero-order chi connectivity index (χ0) is 14.3. The lowest BCUT2D eigenvalue weighted by Gasteiger charge is -2.38. The quantitative estimate of drug-likeness (QED) is 0.761. The maximum Gasteiger partial charge on any atom is 0.124 e. The fourth-order valence-electron chi connectivity index (χ4n) is 3.67. The van der Waals surface area contributed by atoms with Crippen molar-refractivity contribution in [3.8, 4) is 5.75 Å². The molecule has 0 fully saturated rings. The molecule has 2 aliphatic rings. The topological polar surface area (TPSA) is 35.2 Å². The minimum absolute atomic E-state index is 0.0859.